The first-order chi connectivity index (χ1) is 9.80. The number of nitrogens with two attached hydrogens (primary N) is 1. The van der Waals surface area contributed by atoms with Gasteiger partial charge in [-0.25, -0.2) is 0 Å². The second-order valence-corrected chi connectivity index (χ2v) is 8.06. The summed E-state index contributed by atoms with van der Waals surface area (Å²) in [6.45, 7) is 16.1. The summed E-state index contributed by atoms with van der Waals surface area (Å²) in [5.74, 6) is 1.54. The average molecular weight is 298 g/mol. The van der Waals surface area contributed by atoms with Crippen molar-refractivity contribution in [1.82, 2.24) is 9.80 Å². The lowest BCUT2D eigenvalue weighted by Gasteiger charge is -2.51. The zero-order chi connectivity index (χ0) is 16.0. The molecule has 126 valence electrons. The van der Waals surface area contributed by atoms with Crippen LogP contribution in [0.3, 0.4) is 0 Å². The number of hydrogen-bond acceptors (Lipinski definition) is 3. The zero-order valence-electron chi connectivity index (χ0n) is 15.4. The Balaban J connectivity index is 2.80. The van der Waals surface area contributed by atoms with Crippen LogP contribution in [0.2, 0.25) is 0 Å². The minimum Gasteiger partial charge on any atom is -0.329 e. The largest absolute Gasteiger partial charge is 0.329 e. The van der Waals surface area contributed by atoms with E-state index in [1.807, 2.05) is 0 Å². The van der Waals surface area contributed by atoms with Crippen LogP contribution in [0.4, 0.5) is 0 Å². The van der Waals surface area contributed by atoms with Crippen LogP contribution < -0.4 is 5.73 Å². The maximum Gasteiger partial charge on any atom is 0.0358 e. The standard InChI is InChI=1S/C18H39N3/c1-15(2)7-10-21(11-8-16(3)4)18(14-19)9-12-20(6)17(5)13-18/h15-17H,7-14,19H2,1-6H3. The van der Waals surface area contributed by atoms with Crippen LogP contribution in [0.5, 0.6) is 0 Å². The van der Waals surface area contributed by atoms with Gasteiger partial charge >= 0.3 is 0 Å². The van der Waals surface area contributed by atoms with Gasteiger partial charge in [-0.1, -0.05) is 27.7 Å². The molecule has 3 heteroatoms. The molecule has 1 saturated heterocycles. The highest BCUT2D eigenvalue weighted by atomic mass is 15.2. The zero-order valence-corrected chi connectivity index (χ0v) is 15.4. The van der Waals surface area contributed by atoms with E-state index in [4.69, 9.17) is 5.73 Å². The van der Waals surface area contributed by atoms with Gasteiger partial charge in [-0.15, -0.1) is 0 Å². The number of nitrogens with zero attached hydrogens (tertiary/aromatic N) is 2. The Morgan fingerprint density at radius 1 is 1.14 bits per heavy atom. The Hall–Kier alpha value is -0.120. The van der Waals surface area contributed by atoms with E-state index in [0.29, 0.717) is 6.04 Å². The quantitative estimate of drug-likeness (QED) is 0.747. The lowest BCUT2D eigenvalue weighted by atomic mass is 9.81. The summed E-state index contributed by atoms with van der Waals surface area (Å²) in [4.78, 5) is 5.23. The number of hydrogen-bond donors (Lipinski definition) is 1. The minimum absolute atomic E-state index is 0.232. The first kappa shape index (κ1) is 18.9. The molecule has 0 bridgehead atoms. The Kier molecular flexibility index (Phi) is 7.66. The average Bonchev–Trinajstić information content (AvgIpc) is 2.41. The molecule has 1 aliphatic heterocycles. The van der Waals surface area contributed by atoms with Crippen molar-refractivity contribution in [2.75, 3.05) is 33.2 Å². The third-order valence-electron chi connectivity index (χ3n) is 5.36. The number of likely N-dealkylation sites (tertiary alicyclic amines) is 1. The van der Waals surface area contributed by atoms with Crippen LogP contribution in [0.1, 0.15) is 60.3 Å². The van der Waals surface area contributed by atoms with E-state index in [-0.39, 0.29) is 5.54 Å². The third kappa shape index (κ3) is 5.54. The van der Waals surface area contributed by atoms with E-state index in [1.54, 1.807) is 0 Å². The molecular weight excluding hydrogens is 258 g/mol. The van der Waals surface area contributed by atoms with E-state index >= 15 is 0 Å². The van der Waals surface area contributed by atoms with Crippen molar-refractivity contribution in [2.45, 2.75) is 71.9 Å². The number of rotatable bonds is 8. The SMILES string of the molecule is CC(C)CCN(CCC(C)C)C1(CN)CCN(C)C(C)C1. The normalized spacial score (nSPS) is 28.0. The van der Waals surface area contributed by atoms with Crippen molar-refractivity contribution < 1.29 is 0 Å². The number of piperidine rings is 1. The molecule has 1 fully saturated rings. The van der Waals surface area contributed by atoms with E-state index in [1.165, 1.54) is 45.3 Å². The molecule has 2 N–H and O–H groups in total. The minimum atomic E-state index is 0.232. The summed E-state index contributed by atoms with van der Waals surface area (Å²) in [5, 5.41) is 0. The van der Waals surface area contributed by atoms with E-state index in [2.05, 4.69) is 51.5 Å². The molecule has 0 aromatic carbocycles. The molecule has 2 unspecified atom stereocenters. The summed E-state index contributed by atoms with van der Waals surface area (Å²) in [6, 6.07) is 0.642. The molecule has 1 heterocycles. The third-order valence-corrected chi connectivity index (χ3v) is 5.36. The predicted octanol–water partition coefficient (Wildman–Crippen LogP) is 3.19. The maximum absolute atomic E-state index is 6.30. The highest BCUT2D eigenvalue weighted by molar-refractivity contribution is 4.98. The second-order valence-electron chi connectivity index (χ2n) is 8.06. The molecule has 1 aliphatic rings. The summed E-state index contributed by atoms with van der Waals surface area (Å²) in [6.07, 6.45) is 5.00. The van der Waals surface area contributed by atoms with E-state index in [9.17, 15) is 0 Å². The van der Waals surface area contributed by atoms with Gasteiger partial charge in [-0.3, -0.25) is 4.90 Å². The van der Waals surface area contributed by atoms with Crippen molar-refractivity contribution in [2.24, 2.45) is 17.6 Å². The van der Waals surface area contributed by atoms with Crippen LogP contribution in [0.15, 0.2) is 0 Å². The maximum atomic E-state index is 6.30. The fourth-order valence-corrected chi connectivity index (χ4v) is 3.43. The van der Waals surface area contributed by atoms with Gasteiger partial charge in [-0.2, -0.15) is 0 Å². The van der Waals surface area contributed by atoms with Crippen molar-refractivity contribution in [3.63, 3.8) is 0 Å². The van der Waals surface area contributed by atoms with Crippen LogP contribution in [-0.4, -0.2) is 54.6 Å². The molecule has 0 spiro atoms. The first-order valence-corrected chi connectivity index (χ1v) is 8.96. The molecule has 0 aromatic rings. The Morgan fingerprint density at radius 2 is 1.67 bits per heavy atom. The monoisotopic (exact) mass is 297 g/mol. The summed E-state index contributed by atoms with van der Waals surface area (Å²) < 4.78 is 0. The molecular formula is C18H39N3. The molecule has 0 radical (unpaired) electrons. The van der Waals surface area contributed by atoms with E-state index in [0.717, 1.165) is 18.4 Å². The van der Waals surface area contributed by atoms with Crippen molar-refractivity contribution >= 4 is 0 Å². The first-order valence-electron chi connectivity index (χ1n) is 8.96. The van der Waals surface area contributed by atoms with Gasteiger partial charge in [-0.05, 0) is 71.1 Å². The lowest BCUT2D eigenvalue weighted by Crippen LogP contribution is -2.61. The van der Waals surface area contributed by atoms with Crippen LogP contribution in [-0.2, 0) is 0 Å². The van der Waals surface area contributed by atoms with Gasteiger partial charge in [0, 0.05) is 18.1 Å². The molecule has 3 nitrogen and oxygen atoms in total. The fourth-order valence-electron chi connectivity index (χ4n) is 3.43. The van der Waals surface area contributed by atoms with E-state index < -0.39 is 0 Å². The van der Waals surface area contributed by atoms with Gasteiger partial charge in [0.25, 0.3) is 0 Å². The summed E-state index contributed by atoms with van der Waals surface area (Å²) >= 11 is 0. The fraction of sp³-hybridized carbons (Fsp3) is 1.00. The molecule has 0 saturated carbocycles. The topological polar surface area (TPSA) is 32.5 Å². The lowest BCUT2D eigenvalue weighted by molar-refractivity contribution is 0.00527. The van der Waals surface area contributed by atoms with Gasteiger partial charge in [0.05, 0.1) is 0 Å². The smallest absolute Gasteiger partial charge is 0.0358 e. The molecule has 2 atom stereocenters. The van der Waals surface area contributed by atoms with Crippen LogP contribution in [0, 0.1) is 11.8 Å². The molecule has 1 rings (SSSR count). The summed E-state index contributed by atoms with van der Waals surface area (Å²) in [7, 11) is 2.25. The Bertz CT molecular complexity index is 278. The van der Waals surface area contributed by atoms with Crippen LogP contribution in [0.25, 0.3) is 0 Å². The Labute approximate surface area is 133 Å². The van der Waals surface area contributed by atoms with Gasteiger partial charge in [0.2, 0.25) is 0 Å². The van der Waals surface area contributed by atoms with Crippen molar-refractivity contribution in [3.8, 4) is 0 Å². The van der Waals surface area contributed by atoms with Crippen molar-refractivity contribution in [1.29, 1.82) is 0 Å². The molecule has 0 amide bonds. The second kappa shape index (κ2) is 8.50. The van der Waals surface area contributed by atoms with Gasteiger partial charge < -0.3 is 10.6 Å². The Morgan fingerprint density at radius 3 is 2.05 bits per heavy atom. The highest BCUT2D eigenvalue weighted by Gasteiger charge is 2.40. The van der Waals surface area contributed by atoms with Crippen molar-refractivity contribution in [3.05, 3.63) is 0 Å². The van der Waals surface area contributed by atoms with Gasteiger partial charge in [0.15, 0.2) is 0 Å². The summed E-state index contributed by atoms with van der Waals surface area (Å²) in [5.41, 5.74) is 6.53. The highest BCUT2D eigenvalue weighted by Crippen LogP contribution is 2.32. The van der Waals surface area contributed by atoms with Gasteiger partial charge in [0.1, 0.15) is 0 Å². The molecule has 0 aliphatic carbocycles. The predicted molar refractivity (Wildman–Crippen MR) is 93.6 cm³/mol. The molecule has 0 aromatic heterocycles. The molecule has 21 heavy (non-hydrogen) atoms. The van der Waals surface area contributed by atoms with Crippen LogP contribution >= 0.6 is 0 Å².